The van der Waals surface area contributed by atoms with Gasteiger partial charge in [-0.1, -0.05) is 17.7 Å². The molecule has 3 nitrogen and oxygen atoms in total. The summed E-state index contributed by atoms with van der Waals surface area (Å²) in [7, 11) is 0. The standard InChI is InChI=1S/C11H13ClFNO2/c1-11(2,3)16-14-10(15)7-5-4-6-8(13)9(7)12/h4-6H,1-3H3,(H,14,15). The number of hydrogen-bond acceptors (Lipinski definition) is 2. The monoisotopic (exact) mass is 245 g/mol. The van der Waals surface area contributed by atoms with Crippen LogP contribution in [0.2, 0.25) is 5.02 Å². The Hall–Kier alpha value is -1.13. The molecule has 0 bridgehead atoms. The molecular formula is C11H13ClFNO2. The van der Waals surface area contributed by atoms with Gasteiger partial charge in [-0.3, -0.25) is 9.63 Å². The van der Waals surface area contributed by atoms with Gasteiger partial charge in [0.1, 0.15) is 5.82 Å². The predicted molar refractivity (Wildman–Crippen MR) is 59.7 cm³/mol. The SMILES string of the molecule is CC(C)(C)ONC(=O)c1cccc(F)c1Cl. The maximum Gasteiger partial charge on any atom is 0.276 e. The van der Waals surface area contributed by atoms with E-state index in [9.17, 15) is 9.18 Å². The number of rotatable bonds is 2. The second kappa shape index (κ2) is 4.80. The van der Waals surface area contributed by atoms with Gasteiger partial charge in [-0.2, -0.15) is 0 Å². The third kappa shape index (κ3) is 3.47. The normalized spacial score (nSPS) is 11.3. The minimum absolute atomic E-state index is 0.0471. The van der Waals surface area contributed by atoms with E-state index in [1.807, 2.05) is 0 Å². The summed E-state index contributed by atoms with van der Waals surface area (Å²) in [6.45, 7) is 5.33. The number of carbonyl (C=O) groups excluding carboxylic acids is 1. The Balaban J connectivity index is 2.78. The summed E-state index contributed by atoms with van der Waals surface area (Å²) in [5.74, 6) is -1.20. The zero-order valence-corrected chi connectivity index (χ0v) is 10.1. The second-order valence-electron chi connectivity index (χ2n) is 4.25. The van der Waals surface area contributed by atoms with Gasteiger partial charge in [0.05, 0.1) is 16.2 Å². The van der Waals surface area contributed by atoms with E-state index in [0.29, 0.717) is 0 Å². The molecule has 0 spiro atoms. The summed E-state index contributed by atoms with van der Waals surface area (Å²) in [5, 5.41) is -0.211. The molecule has 0 radical (unpaired) electrons. The van der Waals surface area contributed by atoms with Crippen LogP contribution in [0.25, 0.3) is 0 Å². The highest BCUT2D eigenvalue weighted by Crippen LogP contribution is 2.19. The molecule has 1 aromatic rings. The number of amides is 1. The van der Waals surface area contributed by atoms with Crippen LogP contribution in [0, 0.1) is 5.82 Å². The number of carbonyl (C=O) groups is 1. The first-order chi connectivity index (χ1) is 7.31. The van der Waals surface area contributed by atoms with E-state index in [1.165, 1.54) is 18.2 Å². The first-order valence-corrected chi connectivity index (χ1v) is 5.11. The van der Waals surface area contributed by atoms with Crippen molar-refractivity contribution < 1.29 is 14.0 Å². The molecule has 0 saturated heterocycles. The zero-order valence-electron chi connectivity index (χ0n) is 9.30. The Bertz CT molecular complexity index is 401. The van der Waals surface area contributed by atoms with Crippen molar-refractivity contribution in [1.82, 2.24) is 5.48 Å². The maximum atomic E-state index is 13.1. The van der Waals surface area contributed by atoms with Crippen LogP contribution in [-0.4, -0.2) is 11.5 Å². The summed E-state index contributed by atoms with van der Waals surface area (Å²) in [6, 6.07) is 4.02. The van der Waals surface area contributed by atoms with Crippen LogP contribution in [0.5, 0.6) is 0 Å². The summed E-state index contributed by atoms with van der Waals surface area (Å²) < 4.78 is 13.1. The number of hydrogen-bond donors (Lipinski definition) is 1. The van der Waals surface area contributed by atoms with Crippen LogP contribution in [-0.2, 0) is 4.84 Å². The maximum absolute atomic E-state index is 13.1. The first-order valence-electron chi connectivity index (χ1n) is 4.73. The Morgan fingerprint density at radius 2 is 2.06 bits per heavy atom. The molecule has 0 saturated carbocycles. The highest BCUT2D eigenvalue weighted by atomic mass is 35.5. The Labute approximate surface area is 98.5 Å². The average Bonchev–Trinajstić information content (AvgIpc) is 2.17. The van der Waals surface area contributed by atoms with Gasteiger partial charge in [-0.25, -0.2) is 9.87 Å². The summed E-state index contributed by atoms with van der Waals surface area (Å²) in [6.07, 6.45) is 0. The fourth-order valence-corrected chi connectivity index (χ4v) is 1.15. The quantitative estimate of drug-likeness (QED) is 0.814. The van der Waals surface area contributed by atoms with Crippen LogP contribution in [0.4, 0.5) is 4.39 Å². The lowest BCUT2D eigenvalue weighted by molar-refractivity contribution is -0.0589. The van der Waals surface area contributed by atoms with E-state index in [-0.39, 0.29) is 10.6 Å². The third-order valence-corrected chi connectivity index (χ3v) is 2.03. The lowest BCUT2D eigenvalue weighted by Crippen LogP contribution is -2.33. The van der Waals surface area contributed by atoms with Crippen molar-refractivity contribution in [3.05, 3.63) is 34.6 Å². The minimum Gasteiger partial charge on any atom is -0.268 e. The summed E-state index contributed by atoms with van der Waals surface area (Å²) in [4.78, 5) is 16.6. The molecule has 0 aliphatic heterocycles. The van der Waals surface area contributed by atoms with Gasteiger partial charge < -0.3 is 0 Å². The average molecular weight is 246 g/mol. The van der Waals surface area contributed by atoms with Gasteiger partial charge in [0.2, 0.25) is 0 Å². The molecule has 16 heavy (non-hydrogen) atoms. The fourth-order valence-electron chi connectivity index (χ4n) is 0.934. The predicted octanol–water partition coefficient (Wildman–Crippen LogP) is 2.94. The van der Waals surface area contributed by atoms with Gasteiger partial charge in [0, 0.05) is 0 Å². The number of halogens is 2. The van der Waals surface area contributed by atoms with Crippen LogP contribution < -0.4 is 5.48 Å². The van der Waals surface area contributed by atoms with Gasteiger partial charge in [0.15, 0.2) is 0 Å². The van der Waals surface area contributed by atoms with Crippen molar-refractivity contribution in [1.29, 1.82) is 0 Å². The van der Waals surface area contributed by atoms with Crippen molar-refractivity contribution in [3.8, 4) is 0 Å². The molecule has 0 aliphatic rings. The minimum atomic E-state index is -0.634. The van der Waals surface area contributed by atoms with Crippen molar-refractivity contribution >= 4 is 17.5 Å². The Morgan fingerprint density at radius 1 is 1.44 bits per heavy atom. The number of nitrogens with one attached hydrogen (secondary N) is 1. The molecule has 88 valence electrons. The van der Waals surface area contributed by atoms with Crippen molar-refractivity contribution in [2.45, 2.75) is 26.4 Å². The lowest BCUT2D eigenvalue weighted by atomic mass is 10.2. The Kier molecular flexibility index (Phi) is 3.88. The van der Waals surface area contributed by atoms with E-state index in [0.717, 1.165) is 0 Å². The van der Waals surface area contributed by atoms with Crippen LogP contribution >= 0.6 is 11.6 Å². The molecule has 1 N–H and O–H groups in total. The first kappa shape index (κ1) is 12.9. The molecule has 0 aromatic heterocycles. The van der Waals surface area contributed by atoms with Gasteiger partial charge >= 0.3 is 0 Å². The number of benzene rings is 1. The van der Waals surface area contributed by atoms with Gasteiger partial charge in [-0.15, -0.1) is 0 Å². The molecular weight excluding hydrogens is 233 g/mol. The molecule has 5 heteroatoms. The molecule has 0 atom stereocenters. The third-order valence-electron chi connectivity index (χ3n) is 1.65. The molecule has 0 aliphatic carbocycles. The van der Waals surface area contributed by atoms with Gasteiger partial charge in [0.25, 0.3) is 5.91 Å². The van der Waals surface area contributed by atoms with E-state index in [2.05, 4.69) is 5.48 Å². The highest BCUT2D eigenvalue weighted by molar-refractivity contribution is 6.33. The van der Waals surface area contributed by atoms with E-state index in [1.54, 1.807) is 20.8 Å². The fraction of sp³-hybridized carbons (Fsp3) is 0.364. The van der Waals surface area contributed by atoms with E-state index >= 15 is 0 Å². The zero-order chi connectivity index (χ0) is 12.3. The van der Waals surface area contributed by atoms with E-state index < -0.39 is 17.3 Å². The van der Waals surface area contributed by atoms with E-state index in [4.69, 9.17) is 16.4 Å². The van der Waals surface area contributed by atoms with Crippen LogP contribution in [0.15, 0.2) is 18.2 Å². The lowest BCUT2D eigenvalue weighted by Gasteiger charge is -2.19. The summed E-state index contributed by atoms with van der Waals surface area (Å²) >= 11 is 5.65. The number of hydroxylamine groups is 1. The Morgan fingerprint density at radius 3 is 2.62 bits per heavy atom. The van der Waals surface area contributed by atoms with Crippen molar-refractivity contribution in [2.75, 3.05) is 0 Å². The van der Waals surface area contributed by atoms with Crippen LogP contribution in [0.1, 0.15) is 31.1 Å². The second-order valence-corrected chi connectivity index (χ2v) is 4.62. The molecule has 0 fully saturated rings. The molecule has 0 unspecified atom stereocenters. The highest BCUT2D eigenvalue weighted by Gasteiger charge is 2.17. The largest absolute Gasteiger partial charge is 0.276 e. The smallest absolute Gasteiger partial charge is 0.268 e. The molecule has 1 rings (SSSR count). The summed E-state index contributed by atoms with van der Waals surface area (Å²) in [5.41, 5.74) is 1.75. The van der Waals surface area contributed by atoms with Crippen LogP contribution in [0.3, 0.4) is 0 Å². The van der Waals surface area contributed by atoms with Crippen molar-refractivity contribution in [3.63, 3.8) is 0 Å². The van der Waals surface area contributed by atoms with Crippen molar-refractivity contribution in [2.24, 2.45) is 0 Å². The van der Waals surface area contributed by atoms with Gasteiger partial charge in [-0.05, 0) is 32.9 Å². The molecule has 0 heterocycles. The molecule has 1 aromatic carbocycles. The topological polar surface area (TPSA) is 38.3 Å². The molecule has 1 amide bonds.